The number of epoxide rings is 1. The maximum absolute atomic E-state index is 12.2. The number of carbonyl (C=O) groups is 1. The second-order valence-electron chi connectivity index (χ2n) is 5.89. The number of aromatic nitrogens is 1. The van der Waals surface area contributed by atoms with Gasteiger partial charge in [-0.1, -0.05) is 0 Å². The van der Waals surface area contributed by atoms with E-state index in [0.29, 0.717) is 30.2 Å². The molecule has 1 N–H and O–H groups in total. The smallest absolute Gasteiger partial charge is 0.341 e. The highest BCUT2D eigenvalue weighted by Crippen LogP contribution is 2.48. The Labute approximate surface area is 137 Å². The van der Waals surface area contributed by atoms with Gasteiger partial charge in [0.1, 0.15) is 5.56 Å². The summed E-state index contributed by atoms with van der Waals surface area (Å²) >= 11 is 0. The van der Waals surface area contributed by atoms with Crippen molar-refractivity contribution in [1.29, 1.82) is 0 Å². The summed E-state index contributed by atoms with van der Waals surface area (Å²) in [6.07, 6.45) is 1.93. The Morgan fingerprint density at radius 2 is 1.92 bits per heavy atom. The number of pyridine rings is 1. The van der Waals surface area contributed by atoms with Crippen molar-refractivity contribution in [2.24, 2.45) is 0 Å². The van der Waals surface area contributed by atoms with Gasteiger partial charge in [0, 0.05) is 24.2 Å². The van der Waals surface area contributed by atoms with Gasteiger partial charge in [0.25, 0.3) is 0 Å². The number of carboxylic acid groups (broad SMARTS) is 1. The number of hydrogen-bond donors (Lipinski definition) is 1. The van der Waals surface area contributed by atoms with Gasteiger partial charge in [0.05, 0.1) is 26.5 Å². The zero-order valence-corrected chi connectivity index (χ0v) is 13.2. The summed E-state index contributed by atoms with van der Waals surface area (Å²) in [4.78, 5) is 23.4. The minimum absolute atomic E-state index is 0.266. The third kappa shape index (κ3) is 1.94. The van der Waals surface area contributed by atoms with Crippen molar-refractivity contribution in [2.75, 3.05) is 20.8 Å². The highest BCUT2D eigenvalue weighted by Gasteiger charge is 2.50. The summed E-state index contributed by atoms with van der Waals surface area (Å²) in [7, 11) is 3.10. The summed E-state index contributed by atoms with van der Waals surface area (Å²) in [5.74, 6) is -0.0977. The number of nitrogens with zero attached hydrogens (tertiary/aromatic N) is 1. The molecule has 1 saturated heterocycles. The van der Waals surface area contributed by atoms with Crippen molar-refractivity contribution in [3.05, 3.63) is 45.7 Å². The van der Waals surface area contributed by atoms with Gasteiger partial charge in [-0.05, 0) is 17.7 Å². The first-order valence-corrected chi connectivity index (χ1v) is 7.39. The number of hydrogen-bond acceptors (Lipinski definition) is 5. The molecule has 124 valence electrons. The fraction of sp³-hybridized carbons (Fsp3) is 0.294. The monoisotopic (exact) mass is 329 g/mol. The first-order valence-electron chi connectivity index (χ1n) is 7.39. The van der Waals surface area contributed by atoms with Gasteiger partial charge in [-0.15, -0.1) is 0 Å². The van der Waals surface area contributed by atoms with E-state index >= 15 is 0 Å². The summed E-state index contributed by atoms with van der Waals surface area (Å²) < 4.78 is 18.0. The number of methoxy groups -OCH3 is 2. The maximum atomic E-state index is 12.2. The van der Waals surface area contributed by atoms with Crippen LogP contribution in [-0.4, -0.2) is 36.5 Å². The molecule has 1 fully saturated rings. The molecule has 0 saturated carbocycles. The van der Waals surface area contributed by atoms with Gasteiger partial charge in [-0.3, -0.25) is 4.79 Å². The Balaban J connectivity index is 2.00. The normalized spacial score (nSPS) is 20.2. The predicted octanol–water partition coefficient (Wildman–Crippen LogP) is 1.47. The number of ether oxygens (including phenoxy) is 3. The molecule has 3 heterocycles. The van der Waals surface area contributed by atoms with Crippen LogP contribution in [0.15, 0.2) is 29.2 Å². The lowest BCUT2D eigenvalue weighted by molar-refractivity contribution is 0.0693. The molecule has 1 spiro atoms. The van der Waals surface area contributed by atoms with Crippen LogP contribution in [0.4, 0.5) is 0 Å². The van der Waals surface area contributed by atoms with Crippen molar-refractivity contribution < 1.29 is 24.1 Å². The zero-order chi connectivity index (χ0) is 17.1. The van der Waals surface area contributed by atoms with E-state index in [1.54, 1.807) is 24.9 Å². The van der Waals surface area contributed by atoms with Gasteiger partial charge in [-0.2, -0.15) is 0 Å². The Morgan fingerprint density at radius 1 is 1.25 bits per heavy atom. The van der Waals surface area contributed by atoms with Crippen LogP contribution in [0.5, 0.6) is 11.5 Å². The van der Waals surface area contributed by atoms with E-state index in [1.807, 2.05) is 6.07 Å². The number of aromatic carboxylic acids is 1. The molecular weight excluding hydrogens is 314 g/mol. The summed E-state index contributed by atoms with van der Waals surface area (Å²) in [5, 5.41) is 9.21. The Kier molecular flexibility index (Phi) is 2.98. The lowest BCUT2D eigenvalue weighted by Crippen LogP contribution is -2.31. The molecule has 7 nitrogen and oxygen atoms in total. The molecule has 0 aliphatic carbocycles. The van der Waals surface area contributed by atoms with Crippen LogP contribution in [0.2, 0.25) is 0 Å². The van der Waals surface area contributed by atoms with Crippen LogP contribution in [0.25, 0.3) is 11.3 Å². The van der Waals surface area contributed by atoms with Gasteiger partial charge >= 0.3 is 5.97 Å². The molecule has 1 aromatic heterocycles. The molecule has 0 amide bonds. The molecule has 1 atom stereocenters. The molecule has 2 aliphatic heterocycles. The van der Waals surface area contributed by atoms with Crippen LogP contribution in [0.3, 0.4) is 0 Å². The summed E-state index contributed by atoms with van der Waals surface area (Å²) in [5.41, 5.74) is 0.963. The maximum Gasteiger partial charge on any atom is 0.341 e. The first-order chi connectivity index (χ1) is 11.5. The quantitative estimate of drug-likeness (QED) is 0.858. The highest BCUT2D eigenvalue weighted by atomic mass is 16.6. The molecule has 0 bridgehead atoms. The number of rotatable bonds is 3. The number of benzene rings is 1. The summed E-state index contributed by atoms with van der Waals surface area (Å²) in [6, 6.07) is 5.02. The van der Waals surface area contributed by atoms with E-state index in [0.717, 1.165) is 11.1 Å². The second-order valence-corrected chi connectivity index (χ2v) is 5.89. The van der Waals surface area contributed by atoms with Gasteiger partial charge in [0.2, 0.25) is 0 Å². The summed E-state index contributed by atoms with van der Waals surface area (Å²) in [6.45, 7) is 0.468. The lowest BCUT2D eigenvalue weighted by atomic mass is 9.91. The fourth-order valence-corrected chi connectivity index (χ4v) is 3.25. The van der Waals surface area contributed by atoms with Gasteiger partial charge in [0.15, 0.2) is 22.7 Å². The molecule has 1 aromatic carbocycles. The Hall–Kier alpha value is -2.80. The molecule has 7 heteroatoms. The van der Waals surface area contributed by atoms with E-state index < -0.39 is 17.1 Å². The SMILES string of the molecule is COc1cc2c(cc1OC)-c1cc(=O)c(C(=O)O)cn1C1(CO1)C2. The molecule has 4 rings (SSSR count). The molecule has 24 heavy (non-hydrogen) atoms. The minimum Gasteiger partial charge on any atom is -0.493 e. The van der Waals surface area contributed by atoms with Crippen molar-refractivity contribution in [3.8, 4) is 22.8 Å². The van der Waals surface area contributed by atoms with E-state index in [-0.39, 0.29) is 5.56 Å². The molecule has 2 aromatic rings. The van der Waals surface area contributed by atoms with Crippen LogP contribution in [-0.2, 0) is 16.9 Å². The average Bonchev–Trinajstić information content (AvgIpc) is 3.33. The lowest BCUT2D eigenvalue weighted by Gasteiger charge is -2.29. The third-order valence-corrected chi connectivity index (χ3v) is 4.55. The Morgan fingerprint density at radius 3 is 2.50 bits per heavy atom. The largest absolute Gasteiger partial charge is 0.493 e. The van der Waals surface area contributed by atoms with Gasteiger partial charge < -0.3 is 23.9 Å². The molecule has 2 aliphatic rings. The molecular formula is C17H15NO6. The highest BCUT2D eigenvalue weighted by molar-refractivity contribution is 5.88. The third-order valence-electron chi connectivity index (χ3n) is 4.55. The van der Waals surface area contributed by atoms with Crippen LogP contribution in [0.1, 0.15) is 15.9 Å². The van der Waals surface area contributed by atoms with E-state index in [9.17, 15) is 14.7 Å². The topological polar surface area (TPSA) is 90.3 Å². The van der Waals surface area contributed by atoms with Crippen molar-refractivity contribution in [3.63, 3.8) is 0 Å². The van der Waals surface area contributed by atoms with E-state index in [1.165, 1.54) is 12.3 Å². The van der Waals surface area contributed by atoms with Crippen molar-refractivity contribution in [1.82, 2.24) is 4.57 Å². The van der Waals surface area contributed by atoms with Gasteiger partial charge in [-0.25, -0.2) is 4.79 Å². The molecule has 0 radical (unpaired) electrons. The predicted molar refractivity (Wildman–Crippen MR) is 83.8 cm³/mol. The average molecular weight is 329 g/mol. The molecule has 1 unspecified atom stereocenters. The first kappa shape index (κ1) is 14.8. The van der Waals surface area contributed by atoms with E-state index in [2.05, 4.69) is 0 Å². The van der Waals surface area contributed by atoms with Crippen molar-refractivity contribution >= 4 is 5.97 Å². The van der Waals surface area contributed by atoms with Crippen LogP contribution in [0, 0.1) is 0 Å². The van der Waals surface area contributed by atoms with E-state index in [4.69, 9.17) is 14.2 Å². The fourth-order valence-electron chi connectivity index (χ4n) is 3.25. The van der Waals surface area contributed by atoms with Crippen molar-refractivity contribution in [2.45, 2.75) is 12.1 Å². The standard InChI is InChI=1S/C17H15NO6/c1-22-14-3-9-6-17(8-24-17)18-7-11(16(20)21)13(19)5-12(18)10(9)4-15(14)23-2/h3-5,7H,6,8H2,1-2H3,(H,20,21). The minimum atomic E-state index is -1.25. The zero-order valence-electron chi connectivity index (χ0n) is 13.2. The second kappa shape index (κ2) is 4.85. The van der Waals surface area contributed by atoms with Crippen LogP contribution < -0.4 is 14.9 Å². The Bertz CT molecular complexity index is 925. The number of fused-ring (bicyclic) bond motifs is 4. The number of carboxylic acids is 1. The van der Waals surface area contributed by atoms with Crippen LogP contribution >= 0.6 is 0 Å².